The number of H-pyrrole nitrogens is 1. The summed E-state index contributed by atoms with van der Waals surface area (Å²) in [5.41, 5.74) is 4.23. The molecule has 34 heavy (non-hydrogen) atoms. The summed E-state index contributed by atoms with van der Waals surface area (Å²) in [6.45, 7) is 10.5. The molecular weight excluding hydrogens is 488 g/mol. The Hall–Kier alpha value is -1.96. The Bertz CT molecular complexity index is 1290. The van der Waals surface area contributed by atoms with Crippen LogP contribution in [-0.4, -0.2) is 29.8 Å². The van der Waals surface area contributed by atoms with E-state index in [1.54, 1.807) is 23.9 Å². The van der Waals surface area contributed by atoms with Gasteiger partial charge >= 0.3 is 0 Å². The van der Waals surface area contributed by atoms with Gasteiger partial charge in [0.1, 0.15) is 0 Å². The molecule has 0 aliphatic carbocycles. The number of nitrogens with one attached hydrogen (secondary N) is 2. The lowest BCUT2D eigenvalue weighted by atomic mass is 10.0. The minimum Gasteiger partial charge on any atom is -0.358 e. The minimum absolute atomic E-state index is 0.0503. The summed E-state index contributed by atoms with van der Waals surface area (Å²) in [4.78, 5) is 17.2. The number of benzene rings is 2. The molecule has 5 nitrogen and oxygen atoms in total. The second kappa shape index (κ2) is 10.8. The van der Waals surface area contributed by atoms with Crippen LogP contribution in [0.25, 0.3) is 10.9 Å². The highest BCUT2D eigenvalue weighted by Gasteiger charge is 2.19. The number of carbonyl (C=O) groups excluding carboxylic acids is 1. The molecule has 2 aromatic carbocycles. The third kappa shape index (κ3) is 7.03. The molecule has 0 aliphatic rings. The number of rotatable bonds is 9. The number of carbonyl (C=O) groups is 1. The zero-order valence-electron chi connectivity index (χ0n) is 20.4. The normalized spacial score (nSPS) is 12.3. The van der Waals surface area contributed by atoms with E-state index in [1.807, 2.05) is 32.0 Å². The number of thioether (sulfide) groups is 1. The smallest absolute Gasteiger partial charge is 0.264 e. The second-order valence-electron chi connectivity index (χ2n) is 9.59. The van der Waals surface area contributed by atoms with Crippen molar-refractivity contribution < 1.29 is 13.2 Å². The first kappa shape index (κ1) is 26.6. The van der Waals surface area contributed by atoms with E-state index in [2.05, 4.69) is 36.5 Å². The molecule has 1 heterocycles. The fraction of sp³-hybridized carbons (Fsp3) is 0.423. The monoisotopic (exact) mass is 520 g/mol. The molecule has 8 heteroatoms. The van der Waals surface area contributed by atoms with Gasteiger partial charge < -0.3 is 4.98 Å². The van der Waals surface area contributed by atoms with E-state index in [-0.39, 0.29) is 10.5 Å². The number of amides is 1. The highest BCUT2D eigenvalue weighted by Crippen LogP contribution is 2.35. The van der Waals surface area contributed by atoms with Gasteiger partial charge in [-0.3, -0.25) is 4.79 Å². The van der Waals surface area contributed by atoms with Gasteiger partial charge in [-0.2, -0.15) is 0 Å². The van der Waals surface area contributed by atoms with Crippen LogP contribution in [-0.2, 0) is 16.4 Å². The van der Waals surface area contributed by atoms with Crippen molar-refractivity contribution >= 4 is 50.2 Å². The number of hydrogen-bond donors (Lipinski definition) is 2. The molecule has 0 bridgehead atoms. The van der Waals surface area contributed by atoms with Crippen molar-refractivity contribution in [3.05, 3.63) is 63.8 Å². The van der Waals surface area contributed by atoms with Crippen LogP contribution < -0.4 is 4.72 Å². The van der Waals surface area contributed by atoms with Crippen LogP contribution in [0.4, 0.5) is 0 Å². The second-order valence-corrected chi connectivity index (χ2v) is 13.7. The number of aromatic nitrogens is 1. The summed E-state index contributed by atoms with van der Waals surface area (Å²) in [6, 6.07) is 11.3. The summed E-state index contributed by atoms with van der Waals surface area (Å²) in [5.74, 6) is -0.657. The Balaban J connectivity index is 1.85. The topological polar surface area (TPSA) is 79.0 Å². The standard InChI is InChI=1S/C26H33ClN2O3S2/c1-6-7-8-13-34(31,32)29-25(30)19-10-12-24-22(15-19)21(17(2)28-24)14-18-9-11-20(16-23(18)27)33-26(3,4)5/h9-12,15-16,28H,6-8,13-14H2,1-5H3,(H,29,30). The minimum atomic E-state index is -3.66. The van der Waals surface area contributed by atoms with Crippen LogP contribution in [0.2, 0.25) is 5.02 Å². The van der Waals surface area contributed by atoms with Gasteiger partial charge in [-0.05, 0) is 54.8 Å². The van der Waals surface area contributed by atoms with Gasteiger partial charge in [-0.25, -0.2) is 13.1 Å². The molecule has 3 aromatic rings. The molecule has 0 atom stereocenters. The van der Waals surface area contributed by atoms with Gasteiger partial charge in [0.2, 0.25) is 10.0 Å². The Kier molecular flexibility index (Phi) is 8.43. The first-order valence-corrected chi connectivity index (χ1v) is 14.4. The Morgan fingerprint density at radius 3 is 2.50 bits per heavy atom. The largest absolute Gasteiger partial charge is 0.358 e. The average Bonchev–Trinajstić information content (AvgIpc) is 3.03. The molecule has 3 rings (SSSR count). The van der Waals surface area contributed by atoms with Gasteiger partial charge in [0.05, 0.1) is 5.75 Å². The van der Waals surface area contributed by atoms with Gasteiger partial charge in [-0.1, -0.05) is 58.2 Å². The van der Waals surface area contributed by atoms with Crippen molar-refractivity contribution in [2.24, 2.45) is 0 Å². The maximum Gasteiger partial charge on any atom is 0.264 e. The lowest BCUT2D eigenvalue weighted by molar-refractivity contribution is 0.0981. The van der Waals surface area contributed by atoms with E-state index in [0.29, 0.717) is 23.4 Å². The number of halogens is 1. The van der Waals surface area contributed by atoms with E-state index in [4.69, 9.17) is 11.6 Å². The number of fused-ring (bicyclic) bond motifs is 1. The maximum atomic E-state index is 12.7. The van der Waals surface area contributed by atoms with Crippen molar-refractivity contribution in [1.29, 1.82) is 0 Å². The van der Waals surface area contributed by atoms with Crippen molar-refractivity contribution in [2.45, 2.75) is 69.9 Å². The molecule has 0 saturated heterocycles. The highest BCUT2D eigenvalue weighted by molar-refractivity contribution is 8.00. The van der Waals surface area contributed by atoms with E-state index in [9.17, 15) is 13.2 Å². The Morgan fingerprint density at radius 1 is 1.12 bits per heavy atom. The van der Waals surface area contributed by atoms with Crippen LogP contribution in [0.3, 0.4) is 0 Å². The van der Waals surface area contributed by atoms with E-state index in [0.717, 1.165) is 45.5 Å². The number of sulfonamides is 1. The first-order chi connectivity index (χ1) is 15.9. The van der Waals surface area contributed by atoms with Crippen LogP contribution in [0.1, 0.15) is 74.1 Å². The Morgan fingerprint density at radius 2 is 1.85 bits per heavy atom. The van der Waals surface area contributed by atoms with Crippen molar-refractivity contribution in [1.82, 2.24) is 9.71 Å². The molecule has 0 fully saturated rings. The molecule has 0 radical (unpaired) electrons. The molecule has 0 saturated carbocycles. The maximum absolute atomic E-state index is 12.7. The summed E-state index contributed by atoms with van der Waals surface area (Å²) in [6.07, 6.45) is 2.86. The number of aryl methyl sites for hydroxylation is 1. The Labute approximate surface area is 212 Å². The molecular formula is C26H33ClN2O3S2. The lowest BCUT2D eigenvalue weighted by Crippen LogP contribution is -2.32. The van der Waals surface area contributed by atoms with Crippen molar-refractivity contribution in [3.8, 4) is 0 Å². The number of aromatic amines is 1. The van der Waals surface area contributed by atoms with Gasteiger partial charge in [0.25, 0.3) is 5.91 Å². The lowest BCUT2D eigenvalue weighted by Gasteiger charge is -2.18. The fourth-order valence-electron chi connectivity index (χ4n) is 3.82. The van der Waals surface area contributed by atoms with Crippen LogP contribution in [0, 0.1) is 6.92 Å². The van der Waals surface area contributed by atoms with Crippen molar-refractivity contribution in [3.63, 3.8) is 0 Å². The third-order valence-corrected chi connectivity index (χ3v) is 8.24. The third-order valence-electron chi connectivity index (χ3n) is 5.46. The first-order valence-electron chi connectivity index (χ1n) is 11.5. The summed E-state index contributed by atoms with van der Waals surface area (Å²) < 4.78 is 26.8. The van der Waals surface area contributed by atoms with E-state index < -0.39 is 15.9 Å². The highest BCUT2D eigenvalue weighted by atomic mass is 35.5. The zero-order chi connectivity index (χ0) is 25.1. The number of hydrogen-bond acceptors (Lipinski definition) is 4. The molecule has 1 amide bonds. The predicted octanol–water partition coefficient (Wildman–Crippen LogP) is 6.86. The summed E-state index contributed by atoms with van der Waals surface area (Å²) >= 11 is 8.40. The van der Waals surface area contributed by atoms with Crippen LogP contribution in [0.5, 0.6) is 0 Å². The van der Waals surface area contributed by atoms with Gasteiger partial charge in [0.15, 0.2) is 0 Å². The zero-order valence-corrected chi connectivity index (χ0v) is 22.8. The van der Waals surface area contributed by atoms with Crippen molar-refractivity contribution in [2.75, 3.05) is 5.75 Å². The summed E-state index contributed by atoms with van der Waals surface area (Å²) in [5, 5.41) is 1.59. The fourth-order valence-corrected chi connectivity index (χ4v) is 6.24. The molecule has 2 N–H and O–H groups in total. The molecule has 0 unspecified atom stereocenters. The van der Waals surface area contributed by atoms with Gasteiger partial charge in [-0.15, -0.1) is 11.8 Å². The average molecular weight is 521 g/mol. The predicted molar refractivity (Wildman–Crippen MR) is 144 cm³/mol. The number of unbranched alkanes of at least 4 members (excludes halogenated alkanes) is 2. The SMILES string of the molecule is CCCCCS(=O)(=O)NC(=O)c1ccc2[nH]c(C)c(Cc3ccc(SC(C)(C)C)cc3Cl)c2c1. The van der Waals surface area contributed by atoms with Crippen LogP contribution in [0.15, 0.2) is 41.3 Å². The molecule has 0 aliphatic heterocycles. The quantitative estimate of drug-likeness (QED) is 0.238. The summed E-state index contributed by atoms with van der Waals surface area (Å²) in [7, 11) is -3.66. The molecule has 1 aromatic heterocycles. The van der Waals surface area contributed by atoms with Gasteiger partial charge in [0, 0.05) is 43.2 Å². The molecule has 0 spiro atoms. The van der Waals surface area contributed by atoms with Crippen LogP contribution >= 0.6 is 23.4 Å². The molecule has 184 valence electrons. The van der Waals surface area contributed by atoms with E-state index >= 15 is 0 Å². The van der Waals surface area contributed by atoms with E-state index in [1.165, 1.54) is 0 Å².